The summed E-state index contributed by atoms with van der Waals surface area (Å²) in [5, 5.41) is 12.1. The number of amides is 3. The topological polar surface area (TPSA) is 113 Å². The normalized spacial score (nSPS) is 21.0. The van der Waals surface area contributed by atoms with E-state index in [0.29, 0.717) is 12.8 Å². The van der Waals surface area contributed by atoms with Crippen molar-refractivity contribution in [2.75, 3.05) is 32.3 Å². The second kappa shape index (κ2) is 13.5. The first-order chi connectivity index (χ1) is 21.6. The molecule has 45 heavy (non-hydrogen) atoms. The van der Waals surface area contributed by atoms with Crippen molar-refractivity contribution in [2.45, 2.75) is 50.7 Å². The second-order valence-electron chi connectivity index (χ2n) is 11.3. The summed E-state index contributed by atoms with van der Waals surface area (Å²) in [7, 11) is 2.89. The van der Waals surface area contributed by atoms with Gasteiger partial charge in [-0.2, -0.15) is 0 Å². The minimum atomic E-state index is -1.12. The number of methoxy groups -OCH3 is 2. The molecule has 2 aromatic carbocycles. The number of hydrogen-bond donors (Lipinski definition) is 3. The summed E-state index contributed by atoms with van der Waals surface area (Å²) in [5.41, 5.74) is 1.35. The number of benzene rings is 2. The third-order valence-electron chi connectivity index (χ3n) is 8.78. The second-order valence-corrected chi connectivity index (χ2v) is 11.7. The van der Waals surface area contributed by atoms with Crippen molar-refractivity contribution in [2.24, 2.45) is 5.92 Å². The van der Waals surface area contributed by atoms with Crippen molar-refractivity contribution in [1.82, 2.24) is 14.2 Å². The maximum Gasteiger partial charge on any atom is 0.327 e. The zero-order valence-corrected chi connectivity index (χ0v) is 26.1. The fraction of sp³-hybridized carbons (Fsp3) is 0.406. The highest BCUT2D eigenvalue weighted by Crippen LogP contribution is 2.43. The number of halogens is 2. The SMILES string of the molecule is COc1cc(F)c([C@H]2C(CNC(=O)N(S)C3CCc4cc(OC)ccc4C3)C(=O)N(c3cccn(CCO)c3=O)[C@H]2C)c(F)c1. The van der Waals surface area contributed by atoms with Crippen LogP contribution in [-0.4, -0.2) is 65.4 Å². The van der Waals surface area contributed by atoms with E-state index < -0.39 is 47.0 Å². The first kappa shape index (κ1) is 32.3. The van der Waals surface area contributed by atoms with E-state index in [1.807, 2.05) is 18.2 Å². The number of aliphatic hydroxyl groups is 1. The molecule has 0 bridgehead atoms. The summed E-state index contributed by atoms with van der Waals surface area (Å²) in [4.78, 5) is 41.8. The number of aromatic nitrogens is 1. The van der Waals surface area contributed by atoms with E-state index in [1.165, 1.54) is 33.1 Å². The van der Waals surface area contributed by atoms with Crippen LogP contribution in [-0.2, 0) is 24.2 Å². The smallest absolute Gasteiger partial charge is 0.327 e. The van der Waals surface area contributed by atoms with Gasteiger partial charge in [0.2, 0.25) is 5.91 Å². The predicted octanol–water partition coefficient (Wildman–Crippen LogP) is 3.69. The van der Waals surface area contributed by atoms with Gasteiger partial charge in [0.25, 0.3) is 5.56 Å². The Morgan fingerprint density at radius 2 is 1.80 bits per heavy atom. The molecule has 3 aromatic rings. The van der Waals surface area contributed by atoms with Crippen molar-refractivity contribution >= 4 is 30.4 Å². The highest BCUT2D eigenvalue weighted by atomic mass is 32.1. The van der Waals surface area contributed by atoms with E-state index >= 15 is 8.78 Å². The summed E-state index contributed by atoms with van der Waals surface area (Å²) < 4.78 is 43.8. The van der Waals surface area contributed by atoms with Crippen LogP contribution in [0.15, 0.2) is 53.5 Å². The number of urea groups is 1. The van der Waals surface area contributed by atoms with E-state index in [2.05, 4.69) is 18.1 Å². The van der Waals surface area contributed by atoms with Gasteiger partial charge in [-0.3, -0.25) is 13.9 Å². The Hall–Kier alpha value is -4.10. The average Bonchev–Trinajstić information content (AvgIpc) is 3.27. The van der Waals surface area contributed by atoms with Gasteiger partial charge >= 0.3 is 6.03 Å². The molecule has 3 amide bonds. The number of carbonyl (C=O) groups excluding carboxylic acids is 2. The molecule has 5 rings (SSSR count). The summed E-state index contributed by atoms with van der Waals surface area (Å²) in [6.45, 7) is 1.05. The van der Waals surface area contributed by atoms with Gasteiger partial charge in [0, 0.05) is 55.0 Å². The number of pyridine rings is 1. The van der Waals surface area contributed by atoms with Crippen LogP contribution >= 0.6 is 12.8 Å². The van der Waals surface area contributed by atoms with Crippen LogP contribution in [0.1, 0.15) is 36.0 Å². The number of ether oxygens (including phenoxy) is 2. The van der Waals surface area contributed by atoms with Gasteiger partial charge < -0.3 is 29.4 Å². The fourth-order valence-corrected chi connectivity index (χ4v) is 6.77. The van der Waals surface area contributed by atoms with Crippen molar-refractivity contribution in [3.63, 3.8) is 0 Å². The number of thiol groups is 1. The predicted molar refractivity (Wildman–Crippen MR) is 167 cm³/mol. The number of nitrogens with one attached hydrogen (secondary N) is 1. The number of fused-ring (bicyclic) bond motifs is 1. The fourth-order valence-electron chi connectivity index (χ4n) is 6.51. The first-order valence-electron chi connectivity index (χ1n) is 14.7. The molecule has 4 atom stereocenters. The van der Waals surface area contributed by atoms with E-state index in [4.69, 9.17) is 9.47 Å². The third-order valence-corrected chi connectivity index (χ3v) is 9.29. The lowest BCUT2D eigenvalue weighted by Crippen LogP contribution is -2.45. The van der Waals surface area contributed by atoms with E-state index in [-0.39, 0.29) is 42.7 Å². The highest BCUT2D eigenvalue weighted by molar-refractivity contribution is 7.78. The maximum absolute atomic E-state index is 15.5. The van der Waals surface area contributed by atoms with Gasteiger partial charge in [-0.1, -0.05) is 18.9 Å². The molecule has 1 saturated heterocycles. The van der Waals surface area contributed by atoms with Crippen molar-refractivity contribution < 1.29 is 33.0 Å². The lowest BCUT2D eigenvalue weighted by atomic mass is 9.83. The minimum absolute atomic E-state index is 0.00456. The molecule has 13 heteroatoms. The minimum Gasteiger partial charge on any atom is -0.497 e. The van der Waals surface area contributed by atoms with Crippen LogP contribution in [0.25, 0.3) is 0 Å². The number of aliphatic hydroxyl groups excluding tert-OH is 1. The van der Waals surface area contributed by atoms with Gasteiger partial charge in [-0.05, 0) is 61.6 Å². The van der Waals surface area contributed by atoms with Crippen LogP contribution in [0.5, 0.6) is 11.5 Å². The molecule has 0 radical (unpaired) electrons. The van der Waals surface area contributed by atoms with Crippen LogP contribution in [0.3, 0.4) is 0 Å². The standard InChI is InChI=1S/C32H36F2N4O6S/c1-18-28(29-25(33)15-23(44-3)16-26(29)34)24(30(40)37(18)27-5-4-10-36(11-12-39)31(27)41)17-35-32(42)38(45)21-8-6-20-14-22(43-2)9-7-19(20)13-21/h4-5,7,9-10,14-16,18,21,24,28,39,45H,6,8,11-13,17H2,1-3H3,(H,35,42)/t18-,21?,24?,28+/m0/s1. The van der Waals surface area contributed by atoms with Gasteiger partial charge in [-0.15, -0.1) is 0 Å². The lowest BCUT2D eigenvalue weighted by molar-refractivity contribution is -0.120. The number of carbonyl (C=O) groups is 2. The van der Waals surface area contributed by atoms with Crippen LogP contribution in [0.4, 0.5) is 19.3 Å². The monoisotopic (exact) mass is 642 g/mol. The Kier molecular flexibility index (Phi) is 9.68. The number of rotatable bonds is 9. The average molecular weight is 643 g/mol. The molecular formula is C32H36F2N4O6S. The lowest BCUT2D eigenvalue weighted by Gasteiger charge is -2.32. The summed E-state index contributed by atoms with van der Waals surface area (Å²) in [5.74, 6) is -3.84. The van der Waals surface area contributed by atoms with Crippen LogP contribution in [0, 0.1) is 17.6 Å². The van der Waals surface area contributed by atoms with Crippen LogP contribution < -0.4 is 25.2 Å². The Morgan fingerprint density at radius 1 is 1.09 bits per heavy atom. The molecule has 2 heterocycles. The molecule has 240 valence electrons. The van der Waals surface area contributed by atoms with Gasteiger partial charge in [0.05, 0.1) is 26.7 Å². The third kappa shape index (κ3) is 6.23. The van der Waals surface area contributed by atoms with Crippen molar-refractivity contribution in [3.05, 3.63) is 87.3 Å². The van der Waals surface area contributed by atoms with Crippen molar-refractivity contribution in [3.8, 4) is 11.5 Å². The van der Waals surface area contributed by atoms with Gasteiger partial charge in [0.15, 0.2) is 0 Å². The Morgan fingerprint density at radius 3 is 2.47 bits per heavy atom. The molecular weight excluding hydrogens is 606 g/mol. The molecule has 2 aliphatic rings. The summed E-state index contributed by atoms with van der Waals surface area (Å²) in [6, 6.07) is 9.25. The Bertz CT molecular complexity index is 1630. The van der Waals surface area contributed by atoms with E-state index in [0.717, 1.165) is 35.4 Å². The van der Waals surface area contributed by atoms with Crippen molar-refractivity contribution in [1.29, 1.82) is 0 Å². The quantitative estimate of drug-likeness (QED) is 0.307. The first-order valence-corrected chi connectivity index (χ1v) is 15.1. The van der Waals surface area contributed by atoms with Crippen LogP contribution in [0.2, 0.25) is 0 Å². The molecule has 0 spiro atoms. The molecule has 0 saturated carbocycles. The maximum atomic E-state index is 15.5. The molecule has 10 nitrogen and oxygen atoms in total. The highest BCUT2D eigenvalue weighted by Gasteiger charge is 2.50. The number of hydrogen-bond acceptors (Lipinski definition) is 7. The molecule has 1 fully saturated rings. The van der Waals surface area contributed by atoms with Gasteiger partial charge in [0.1, 0.15) is 28.8 Å². The zero-order valence-electron chi connectivity index (χ0n) is 25.2. The molecule has 1 aliphatic heterocycles. The molecule has 1 aromatic heterocycles. The molecule has 2 unspecified atom stereocenters. The number of nitrogens with zero attached hydrogens (tertiary/aromatic N) is 3. The zero-order chi connectivity index (χ0) is 32.4. The molecule has 1 aliphatic carbocycles. The van der Waals surface area contributed by atoms with E-state index in [1.54, 1.807) is 20.1 Å². The summed E-state index contributed by atoms with van der Waals surface area (Å²) >= 11 is 4.48. The summed E-state index contributed by atoms with van der Waals surface area (Å²) in [6.07, 6.45) is 3.43. The largest absolute Gasteiger partial charge is 0.497 e. The van der Waals surface area contributed by atoms with E-state index in [9.17, 15) is 19.5 Å². The Balaban J connectivity index is 1.42. The molecule has 2 N–H and O–H groups in total. The van der Waals surface area contributed by atoms with Gasteiger partial charge in [-0.25, -0.2) is 13.6 Å². The Labute approximate surface area is 265 Å². The number of aryl methyl sites for hydroxylation is 1. The number of anilines is 1.